The summed E-state index contributed by atoms with van der Waals surface area (Å²) in [6, 6.07) is 9.45. The van der Waals surface area contributed by atoms with Gasteiger partial charge in [0.05, 0.1) is 18.9 Å². The van der Waals surface area contributed by atoms with Crippen molar-refractivity contribution in [3.8, 4) is 0 Å². The standard InChI is InChI=1S/C19H24N2O4/c1-19(2,3)11-15(12-22)21-17(23)13-6-8-14(9-7-13)20-18(24)16-5-4-10-25-16/h4-10,15,22H,11-12H2,1-3H3,(H,20,24)(H,21,23). The zero-order valence-corrected chi connectivity index (χ0v) is 14.7. The van der Waals surface area contributed by atoms with E-state index in [1.54, 1.807) is 36.4 Å². The maximum absolute atomic E-state index is 12.3. The molecule has 1 aromatic heterocycles. The average molecular weight is 344 g/mol. The minimum Gasteiger partial charge on any atom is -0.459 e. The smallest absolute Gasteiger partial charge is 0.291 e. The van der Waals surface area contributed by atoms with E-state index in [-0.39, 0.29) is 35.6 Å². The normalized spacial score (nSPS) is 12.5. The second kappa shape index (κ2) is 7.98. The number of aliphatic hydroxyl groups is 1. The van der Waals surface area contributed by atoms with Gasteiger partial charge >= 0.3 is 0 Å². The fourth-order valence-corrected chi connectivity index (χ4v) is 2.47. The highest BCUT2D eigenvalue weighted by Crippen LogP contribution is 2.21. The topological polar surface area (TPSA) is 91.6 Å². The Bertz CT molecular complexity index is 700. The average Bonchev–Trinajstić information content (AvgIpc) is 3.08. The summed E-state index contributed by atoms with van der Waals surface area (Å²) in [5.41, 5.74) is 1.02. The van der Waals surface area contributed by atoms with Gasteiger partial charge in [0, 0.05) is 11.3 Å². The van der Waals surface area contributed by atoms with Gasteiger partial charge in [0.2, 0.25) is 0 Å². The number of hydrogen-bond acceptors (Lipinski definition) is 4. The Morgan fingerprint density at radius 3 is 2.32 bits per heavy atom. The summed E-state index contributed by atoms with van der Waals surface area (Å²) in [7, 11) is 0. The van der Waals surface area contributed by atoms with Crippen LogP contribution < -0.4 is 10.6 Å². The van der Waals surface area contributed by atoms with Crippen molar-refractivity contribution in [2.75, 3.05) is 11.9 Å². The van der Waals surface area contributed by atoms with Gasteiger partial charge in [0.15, 0.2) is 5.76 Å². The lowest BCUT2D eigenvalue weighted by Gasteiger charge is -2.25. The number of nitrogens with one attached hydrogen (secondary N) is 2. The van der Waals surface area contributed by atoms with Gasteiger partial charge in [-0.3, -0.25) is 9.59 Å². The zero-order chi connectivity index (χ0) is 18.4. The third-order valence-corrected chi connectivity index (χ3v) is 3.56. The first-order chi connectivity index (χ1) is 11.8. The van der Waals surface area contributed by atoms with Crippen LogP contribution >= 0.6 is 0 Å². The van der Waals surface area contributed by atoms with E-state index in [4.69, 9.17) is 4.42 Å². The molecule has 0 spiro atoms. The minimum atomic E-state index is -0.354. The van der Waals surface area contributed by atoms with Crippen LogP contribution in [0.25, 0.3) is 0 Å². The highest BCUT2D eigenvalue weighted by molar-refractivity contribution is 6.02. The van der Waals surface area contributed by atoms with Crippen molar-refractivity contribution in [1.29, 1.82) is 0 Å². The maximum atomic E-state index is 12.3. The molecular weight excluding hydrogens is 320 g/mol. The van der Waals surface area contributed by atoms with Crippen LogP contribution in [0, 0.1) is 5.41 Å². The van der Waals surface area contributed by atoms with Crippen LogP contribution in [0.15, 0.2) is 47.1 Å². The first kappa shape index (κ1) is 18.7. The third kappa shape index (κ3) is 5.76. The molecule has 0 fully saturated rings. The van der Waals surface area contributed by atoms with Crippen molar-refractivity contribution >= 4 is 17.5 Å². The van der Waals surface area contributed by atoms with Crippen molar-refractivity contribution in [2.24, 2.45) is 5.41 Å². The molecule has 0 aliphatic rings. The predicted octanol–water partition coefficient (Wildman–Crippen LogP) is 3.06. The Kier molecular flexibility index (Phi) is 5.98. The largest absolute Gasteiger partial charge is 0.459 e. The van der Waals surface area contributed by atoms with E-state index in [1.165, 1.54) is 6.26 Å². The lowest BCUT2D eigenvalue weighted by molar-refractivity contribution is 0.0897. The number of carbonyl (C=O) groups is 2. The van der Waals surface area contributed by atoms with Crippen LogP contribution in [-0.4, -0.2) is 29.6 Å². The number of carbonyl (C=O) groups excluding carboxylic acids is 2. The number of anilines is 1. The number of hydrogen-bond donors (Lipinski definition) is 3. The van der Waals surface area contributed by atoms with Crippen molar-refractivity contribution in [2.45, 2.75) is 33.2 Å². The quantitative estimate of drug-likeness (QED) is 0.751. The molecule has 0 aliphatic heterocycles. The van der Waals surface area contributed by atoms with Gasteiger partial charge in [-0.05, 0) is 48.2 Å². The van der Waals surface area contributed by atoms with Crippen LogP contribution in [0.5, 0.6) is 0 Å². The number of aliphatic hydroxyl groups excluding tert-OH is 1. The molecular formula is C19H24N2O4. The van der Waals surface area contributed by atoms with E-state index in [9.17, 15) is 14.7 Å². The SMILES string of the molecule is CC(C)(C)CC(CO)NC(=O)c1ccc(NC(=O)c2ccco2)cc1. The van der Waals surface area contributed by atoms with E-state index in [0.29, 0.717) is 17.7 Å². The van der Waals surface area contributed by atoms with Crippen LogP contribution in [-0.2, 0) is 0 Å². The molecule has 2 rings (SSSR count). The Morgan fingerprint density at radius 1 is 1.12 bits per heavy atom. The molecule has 0 saturated heterocycles. The molecule has 3 N–H and O–H groups in total. The molecule has 1 unspecified atom stereocenters. The molecule has 0 radical (unpaired) electrons. The lowest BCUT2D eigenvalue weighted by Crippen LogP contribution is -2.40. The zero-order valence-electron chi connectivity index (χ0n) is 14.7. The summed E-state index contributed by atoms with van der Waals surface area (Å²) in [5.74, 6) is -0.394. The molecule has 1 atom stereocenters. The van der Waals surface area contributed by atoms with Crippen LogP contribution in [0.4, 0.5) is 5.69 Å². The van der Waals surface area contributed by atoms with Gasteiger partial charge < -0.3 is 20.2 Å². The van der Waals surface area contributed by atoms with Crippen LogP contribution in [0.1, 0.15) is 48.1 Å². The molecule has 25 heavy (non-hydrogen) atoms. The summed E-state index contributed by atoms with van der Waals surface area (Å²) in [4.78, 5) is 24.2. The molecule has 2 aromatic rings. The number of rotatable bonds is 6. The Balaban J connectivity index is 1.96. The summed E-state index contributed by atoms with van der Waals surface area (Å²) < 4.78 is 5.03. The number of furan rings is 1. The van der Waals surface area contributed by atoms with Crippen molar-refractivity contribution < 1.29 is 19.1 Å². The predicted molar refractivity (Wildman–Crippen MR) is 95.5 cm³/mol. The van der Waals surface area contributed by atoms with Gasteiger partial charge in [-0.2, -0.15) is 0 Å². The van der Waals surface area contributed by atoms with E-state index in [1.807, 2.05) is 0 Å². The fourth-order valence-electron chi connectivity index (χ4n) is 2.47. The van der Waals surface area contributed by atoms with Crippen molar-refractivity contribution in [3.63, 3.8) is 0 Å². The molecule has 0 saturated carbocycles. The molecule has 0 bridgehead atoms. The van der Waals surface area contributed by atoms with E-state index >= 15 is 0 Å². The third-order valence-electron chi connectivity index (χ3n) is 3.56. The summed E-state index contributed by atoms with van der Waals surface area (Å²) in [5, 5.41) is 15.0. The Hall–Kier alpha value is -2.60. The molecule has 6 nitrogen and oxygen atoms in total. The highest BCUT2D eigenvalue weighted by atomic mass is 16.3. The molecule has 134 valence electrons. The van der Waals surface area contributed by atoms with E-state index < -0.39 is 0 Å². The lowest BCUT2D eigenvalue weighted by atomic mass is 9.88. The monoisotopic (exact) mass is 344 g/mol. The van der Waals surface area contributed by atoms with Crippen LogP contribution in [0.2, 0.25) is 0 Å². The van der Waals surface area contributed by atoms with Gasteiger partial charge in [-0.25, -0.2) is 0 Å². The highest BCUT2D eigenvalue weighted by Gasteiger charge is 2.20. The van der Waals surface area contributed by atoms with Crippen molar-refractivity contribution in [1.82, 2.24) is 5.32 Å². The summed E-state index contributed by atoms with van der Waals surface area (Å²) >= 11 is 0. The molecule has 0 aliphatic carbocycles. The number of amides is 2. The van der Waals surface area contributed by atoms with Crippen molar-refractivity contribution in [3.05, 3.63) is 54.0 Å². The van der Waals surface area contributed by atoms with E-state index in [2.05, 4.69) is 31.4 Å². The molecule has 1 aromatic carbocycles. The van der Waals surface area contributed by atoms with Gasteiger partial charge in [0.1, 0.15) is 0 Å². The second-order valence-electron chi connectivity index (χ2n) is 7.13. The summed E-state index contributed by atoms with van der Waals surface area (Å²) in [6.45, 7) is 6.05. The van der Waals surface area contributed by atoms with Gasteiger partial charge in [0.25, 0.3) is 11.8 Å². The molecule has 1 heterocycles. The second-order valence-corrected chi connectivity index (χ2v) is 7.13. The van der Waals surface area contributed by atoms with Gasteiger partial charge in [-0.15, -0.1) is 0 Å². The summed E-state index contributed by atoms with van der Waals surface area (Å²) in [6.07, 6.45) is 2.10. The first-order valence-electron chi connectivity index (χ1n) is 8.15. The minimum absolute atomic E-state index is 0.000662. The number of benzene rings is 1. The van der Waals surface area contributed by atoms with Gasteiger partial charge in [-0.1, -0.05) is 20.8 Å². The maximum Gasteiger partial charge on any atom is 0.291 e. The first-order valence-corrected chi connectivity index (χ1v) is 8.15. The molecule has 2 amide bonds. The fraction of sp³-hybridized carbons (Fsp3) is 0.368. The van der Waals surface area contributed by atoms with E-state index in [0.717, 1.165) is 0 Å². The Morgan fingerprint density at radius 2 is 1.80 bits per heavy atom. The van der Waals surface area contributed by atoms with Crippen LogP contribution in [0.3, 0.4) is 0 Å². The molecule has 6 heteroatoms. The Labute approximate surface area is 147 Å².